The maximum atomic E-state index is 13.6. The number of hydrogen-bond acceptors (Lipinski definition) is 6. The third-order valence-electron chi connectivity index (χ3n) is 7.30. The van der Waals surface area contributed by atoms with Crippen LogP contribution in [0, 0.1) is 0 Å². The highest BCUT2D eigenvalue weighted by Crippen LogP contribution is 2.34. The summed E-state index contributed by atoms with van der Waals surface area (Å²) in [7, 11) is 0. The number of amides is 1. The first-order valence-electron chi connectivity index (χ1n) is 12.6. The summed E-state index contributed by atoms with van der Waals surface area (Å²) in [5.74, 6) is -0.252. The minimum atomic E-state index is -0.569. The molecule has 2 aliphatic rings. The summed E-state index contributed by atoms with van der Waals surface area (Å²) in [6, 6.07) is 1.71. The molecule has 2 N–H and O–H groups in total. The van der Waals surface area contributed by atoms with E-state index in [1.165, 1.54) is 11.0 Å². The maximum Gasteiger partial charge on any atom is 0.329 e. The number of nitrogens with one attached hydrogen (secondary N) is 2. The highest BCUT2D eigenvalue weighted by molar-refractivity contribution is 6.05. The molecule has 0 unspecified atom stereocenters. The summed E-state index contributed by atoms with van der Waals surface area (Å²) in [5.41, 5.74) is 0.111. The van der Waals surface area contributed by atoms with Crippen molar-refractivity contribution in [3.05, 3.63) is 38.2 Å². The molecule has 1 saturated carbocycles. The van der Waals surface area contributed by atoms with Crippen LogP contribution in [-0.4, -0.2) is 63.7 Å². The number of aromatic amines is 1. The van der Waals surface area contributed by atoms with Crippen LogP contribution in [0.15, 0.2) is 15.7 Å². The molecule has 4 rings (SSSR count). The molecule has 0 aromatic carbocycles. The number of aryl methyl sites for hydroxylation is 1. The Hall–Kier alpha value is -2.52. The highest BCUT2D eigenvalue weighted by atomic mass is 16.5. The number of nitrogens with zero attached hydrogens (tertiary/aromatic N) is 3. The summed E-state index contributed by atoms with van der Waals surface area (Å²) >= 11 is 0. The number of carbonyl (C=O) groups is 1. The van der Waals surface area contributed by atoms with E-state index in [4.69, 9.17) is 4.74 Å². The van der Waals surface area contributed by atoms with Gasteiger partial charge in [0.1, 0.15) is 0 Å². The second-order valence-electron chi connectivity index (χ2n) is 9.93. The molecule has 1 amide bonds. The Bertz CT molecular complexity index is 1140. The van der Waals surface area contributed by atoms with E-state index >= 15 is 0 Å². The van der Waals surface area contributed by atoms with Crippen LogP contribution in [0.2, 0.25) is 0 Å². The zero-order chi connectivity index (χ0) is 24.3. The minimum Gasteiger partial charge on any atom is -0.379 e. The summed E-state index contributed by atoms with van der Waals surface area (Å²) in [4.78, 5) is 48.5. The van der Waals surface area contributed by atoms with Crippen molar-refractivity contribution in [3.63, 3.8) is 0 Å². The molecule has 0 atom stereocenters. The lowest BCUT2D eigenvalue weighted by Crippen LogP contribution is -2.59. The maximum absolute atomic E-state index is 13.6. The van der Waals surface area contributed by atoms with Gasteiger partial charge in [-0.1, -0.05) is 40.0 Å². The fraction of sp³-hybridized carbons (Fsp3) is 0.680. The summed E-state index contributed by atoms with van der Waals surface area (Å²) in [5, 5.41) is 3.35. The van der Waals surface area contributed by atoms with Gasteiger partial charge in [0.05, 0.1) is 24.2 Å². The molecular weight excluding hydrogens is 434 g/mol. The first-order chi connectivity index (χ1) is 16.4. The van der Waals surface area contributed by atoms with Crippen molar-refractivity contribution in [2.24, 2.45) is 0 Å². The average molecular weight is 472 g/mol. The SMILES string of the molecule is CCCn1c(=O)[nH]c(=O)c2c(C(=O)NCC3(N4CCOCC4)CCCCC3)cc(C(C)C)nc21. The zero-order valence-electron chi connectivity index (χ0n) is 20.6. The van der Waals surface area contributed by atoms with Crippen LogP contribution in [0.3, 0.4) is 0 Å². The molecule has 0 bridgehead atoms. The van der Waals surface area contributed by atoms with Gasteiger partial charge in [0.15, 0.2) is 5.65 Å². The van der Waals surface area contributed by atoms with Crippen molar-refractivity contribution in [3.8, 4) is 0 Å². The number of carbonyl (C=O) groups excluding carboxylic acids is 1. The van der Waals surface area contributed by atoms with Crippen LogP contribution >= 0.6 is 0 Å². The molecule has 2 aromatic heterocycles. The van der Waals surface area contributed by atoms with Gasteiger partial charge in [0.2, 0.25) is 0 Å². The molecule has 9 heteroatoms. The minimum absolute atomic E-state index is 0.0402. The van der Waals surface area contributed by atoms with Crippen LogP contribution in [0.4, 0.5) is 0 Å². The Morgan fingerprint density at radius 3 is 2.56 bits per heavy atom. The molecule has 1 aliphatic carbocycles. The summed E-state index contributed by atoms with van der Waals surface area (Å²) in [6.07, 6.45) is 6.30. The summed E-state index contributed by atoms with van der Waals surface area (Å²) in [6.45, 7) is 10.0. The van der Waals surface area contributed by atoms with Crippen molar-refractivity contribution in [1.29, 1.82) is 0 Å². The predicted molar refractivity (Wildman–Crippen MR) is 132 cm³/mol. The molecule has 3 heterocycles. The first-order valence-corrected chi connectivity index (χ1v) is 12.6. The van der Waals surface area contributed by atoms with Crippen molar-refractivity contribution in [1.82, 2.24) is 24.8 Å². The van der Waals surface area contributed by atoms with Gasteiger partial charge in [0, 0.05) is 37.4 Å². The molecule has 9 nitrogen and oxygen atoms in total. The third kappa shape index (κ3) is 4.81. The second kappa shape index (κ2) is 10.4. The predicted octanol–water partition coefficient (Wildman–Crippen LogP) is 2.38. The fourth-order valence-electron chi connectivity index (χ4n) is 5.39. The molecule has 1 aliphatic heterocycles. The van der Waals surface area contributed by atoms with Crippen LogP contribution in [-0.2, 0) is 11.3 Å². The lowest BCUT2D eigenvalue weighted by atomic mass is 9.79. The normalized spacial score (nSPS) is 18.9. The van der Waals surface area contributed by atoms with Gasteiger partial charge < -0.3 is 10.1 Å². The van der Waals surface area contributed by atoms with Gasteiger partial charge in [-0.25, -0.2) is 9.78 Å². The van der Waals surface area contributed by atoms with Crippen LogP contribution < -0.4 is 16.6 Å². The van der Waals surface area contributed by atoms with Crippen LogP contribution in [0.5, 0.6) is 0 Å². The Balaban J connectivity index is 1.72. The van der Waals surface area contributed by atoms with Crippen LogP contribution in [0.1, 0.15) is 81.3 Å². The van der Waals surface area contributed by atoms with Crippen molar-refractivity contribution in [2.45, 2.75) is 77.3 Å². The van der Waals surface area contributed by atoms with Gasteiger partial charge in [0.25, 0.3) is 11.5 Å². The van der Waals surface area contributed by atoms with E-state index in [1.807, 2.05) is 20.8 Å². The first kappa shape index (κ1) is 24.6. The van der Waals surface area contributed by atoms with Gasteiger partial charge in [-0.15, -0.1) is 0 Å². The monoisotopic (exact) mass is 471 g/mol. The van der Waals surface area contributed by atoms with Crippen molar-refractivity contribution < 1.29 is 9.53 Å². The third-order valence-corrected chi connectivity index (χ3v) is 7.30. The van der Waals surface area contributed by atoms with Crippen molar-refractivity contribution in [2.75, 3.05) is 32.8 Å². The Labute approximate surface area is 199 Å². The topological polar surface area (TPSA) is 109 Å². The van der Waals surface area contributed by atoms with Gasteiger partial charge in [-0.2, -0.15) is 0 Å². The number of H-pyrrole nitrogens is 1. The van der Waals surface area contributed by atoms with Gasteiger partial charge in [-0.3, -0.25) is 24.0 Å². The smallest absolute Gasteiger partial charge is 0.329 e. The van der Waals surface area contributed by atoms with Crippen LogP contribution in [0.25, 0.3) is 11.0 Å². The largest absolute Gasteiger partial charge is 0.379 e. The molecule has 1 saturated heterocycles. The van der Waals surface area contributed by atoms with E-state index in [0.717, 1.165) is 38.8 Å². The standard InChI is InChI=1S/C25H37N5O4/c1-4-10-30-21-20(23(32)28-24(30)33)18(15-19(27-21)17(2)3)22(31)26-16-25(8-6-5-7-9-25)29-11-13-34-14-12-29/h15,17H,4-14,16H2,1-3H3,(H,26,31)(H,28,32,33). The van der Waals surface area contributed by atoms with E-state index in [-0.39, 0.29) is 34.0 Å². The number of hydrogen-bond donors (Lipinski definition) is 2. The Morgan fingerprint density at radius 1 is 1.21 bits per heavy atom. The molecular formula is C25H37N5O4. The molecule has 34 heavy (non-hydrogen) atoms. The van der Waals surface area contributed by atoms with E-state index in [1.54, 1.807) is 6.07 Å². The number of ether oxygens (including phenoxy) is 1. The Morgan fingerprint density at radius 2 is 1.91 bits per heavy atom. The molecule has 0 radical (unpaired) electrons. The molecule has 0 spiro atoms. The number of morpholine rings is 1. The van der Waals surface area contributed by atoms with E-state index < -0.39 is 11.2 Å². The zero-order valence-corrected chi connectivity index (χ0v) is 20.6. The van der Waals surface area contributed by atoms with Crippen molar-refractivity contribution >= 4 is 16.9 Å². The fourth-order valence-corrected chi connectivity index (χ4v) is 5.39. The van der Waals surface area contributed by atoms with Gasteiger partial charge >= 0.3 is 5.69 Å². The second-order valence-corrected chi connectivity index (χ2v) is 9.93. The Kier molecular flexibility index (Phi) is 7.52. The van der Waals surface area contributed by atoms with E-state index in [2.05, 4.69) is 20.2 Å². The quantitative estimate of drug-likeness (QED) is 0.642. The highest BCUT2D eigenvalue weighted by Gasteiger charge is 2.39. The molecule has 2 aromatic rings. The number of pyridine rings is 1. The average Bonchev–Trinajstić information content (AvgIpc) is 2.85. The number of rotatable bonds is 7. The van der Waals surface area contributed by atoms with E-state index in [0.29, 0.717) is 38.4 Å². The van der Waals surface area contributed by atoms with Gasteiger partial charge in [-0.05, 0) is 31.2 Å². The lowest BCUT2D eigenvalue weighted by molar-refractivity contribution is -0.0361. The number of fused-ring (bicyclic) bond motifs is 1. The number of aromatic nitrogens is 3. The lowest BCUT2D eigenvalue weighted by Gasteiger charge is -2.48. The summed E-state index contributed by atoms with van der Waals surface area (Å²) < 4.78 is 7.03. The van der Waals surface area contributed by atoms with E-state index in [9.17, 15) is 14.4 Å². The molecule has 186 valence electrons. The molecule has 2 fully saturated rings.